The average Bonchev–Trinajstić information content (AvgIpc) is 3.12. The Morgan fingerprint density at radius 2 is 1.82 bits per heavy atom. The highest BCUT2D eigenvalue weighted by atomic mass is 16.1. The van der Waals surface area contributed by atoms with Crippen LogP contribution in [0.4, 0.5) is 5.82 Å². The molecular weight excluding hydrogens is 350 g/mol. The van der Waals surface area contributed by atoms with E-state index < -0.39 is 0 Å². The lowest BCUT2D eigenvalue weighted by Gasteiger charge is -2.35. The summed E-state index contributed by atoms with van der Waals surface area (Å²) in [5.41, 5.74) is 4.09. The van der Waals surface area contributed by atoms with Crippen molar-refractivity contribution in [1.29, 1.82) is 0 Å². The van der Waals surface area contributed by atoms with Gasteiger partial charge in [0.25, 0.3) is 0 Å². The van der Waals surface area contributed by atoms with E-state index in [9.17, 15) is 4.79 Å². The van der Waals surface area contributed by atoms with Crippen molar-refractivity contribution in [3.63, 3.8) is 0 Å². The zero-order valence-electron chi connectivity index (χ0n) is 15.9. The summed E-state index contributed by atoms with van der Waals surface area (Å²) in [5, 5.41) is 2.28. The van der Waals surface area contributed by atoms with Gasteiger partial charge in [-0.1, -0.05) is 6.07 Å². The normalized spacial score (nSPS) is 15.5. The van der Waals surface area contributed by atoms with E-state index in [1.165, 1.54) is 0 Å². The van der Waals surface area contributed by atoms with Crippen molar-refractivity contribution in [1.82, 2.24) is 19.9 Å². The van der Waals surface area contributed by atoms with Gasteiger partial charge in [0, 0.05) is 67.1 Å². The smallest absolute Gasteiger partial charge is 0.185 e. The predicted octanol–water partition coefficient (Wildman–Crippen LogP) is 3.04. The second-order valence-electron chi connectivity index (χ2n) is 7.43. The van der Waals surface area contributed by atoms with E-state index in [1.807, 2.05) is 37.5 Å². The summed E-state index contributed by atoms with van der Waals surface area (Å²) in [4.78, 5) is 28.5. The summed E-state index contributed by atoms with van der Waals surface area (Å²) in [6.45, 7) is 6.39. The van der Waals surface area contributed by atoms with Crippen LogP contribution in [0.5, 0.6) is 0 Å². The van der Waals surface area contributed by atoms with Gasteiger partial charge < -0.3 is 14.9 Å². The third-order valence-corrected chi connectivity index (χ3v) is 5.73. The van der Waals surface area contributed by atoms with Crippen molar-refractivity contribution in [3.05, 3.63) is 70.3 Å². The number of benzene rings is 1. The first kappa shape index (κ1) is 17.0. The first-order valence-electron chi connectivity index (χ1n) is 9.70. The Morgan fingerprint density at radius 3 is 2.61 bits per heavy atom. The number of rotatable bonds is 3. The number of hydrogen-bond acceptors (Lipinski definition) is 4. The Labute approximate surface area is 162 Å². The van der Waals surface area contributed by atoms with E-state index in [0.717, 1.165) is 65.1 Å². The monoisotopic (exact) mass is 373 g/mol. The Kier molecular flexibility index (Phi) is 4.13. The Balaban J connectivity index is 1.43. The van der Waals surface area contributed by atoms with Gasteiger partial charge in [-0.2, -0.15) is 0 Å². The maximum Gasteiger partial charge on any atom is 0.185 e. The zero-order chi connectivity index (χ0) is 19.1. The van der Waals surface area contributed by atoms with Gasteiger partial charge in [0.05, 0.1) is 11.0 Å². The number of aromatic nitrogens is 3. The standard InChI is InChI=1S/C22H23N5O/c1-15-21-17(7-9-23-15)16-5-6-19(28)18(22(16)25-21)14-26-10-12-27(13-11-26)20-4-2-3-8-24-20/h2-9,23,25H,10-14H2,1H3. The average molecular weight is 373 g/mol. The van der Waals surface area contributed by atoms with Crippen LogP contribution in [-0.2, 0) is 6.54 Å². The lowest BCUT2D eigenvalue weighted by molar-refractivity contribution is 0.249. The summed E-state index contributed by atoms with van der Waals surface area (Å²) in [6, 6.07) is 11.7. The number of nitrogens with zero attached hydrogens (tertiary/aromatic N) is 3. The molecule has 0 atom stereocenters. The summed E-state index contributed by atoms with van der Waals surface area (Å²) < 4.78 is 0. The summed E-state index contributed by atoms with van der Waals surface area (Å²) in [5.74, 6) is 1.02. The van der Waals surface area contributed by atoms with Gasteiger partial charge in [0.15, 0.2) is 5.43 Å². The molecule has 142 valence electrons. The first-order chi connectivity index (χ1) is 13.7. The van der Waals surface area contributed by atoms with Crippen molar-refractivity contribution in [2.45, 2.75) is 13.5 Å². The molecule has 0 radical (unpaired) electrons. The molecule has 2 N–H and O–H groups in total. The molecule has 1 aliphatic rings. The first-order valence-corrected chi connectivity index (χ1v) is 9.70. The van der Waals surface area contributed by atoms with Gasteiger partial charge in [-0.25, -0.2) is 4.98 Å². The molecule has 0 unspecified atom stereocenters. The molecule has 4 aromatic rings. The van der Waals surface area contributed by atoms with Crippen LogP contribution >= 0.6 is 0 Å². The van der Waals surface area contributed by atoms with Crippen LogP contribution in [0.25, 0.3) is 21.8 Å². The van der Waals surface area contributed by atoms with Crippen LogP contribution in [0.3, 0.4) is 0 Å². The summed E-state index contributed by atoms with van der Waals surface area (Å²) in [7, 11) is 0. The molecule has 1 aliphatic heterocycles. The van der Waals surface area contributed by atoms with Gasteiger partial charge in [-0.05, 0) is 37.3 Å². The topological polar surface area (TPSA) is 68.0 Å². The second kappa shape index (κ2) is 6.80. The molecule has 3 aromatic heterocycles. The number of hydrogen-bond donors (Lipinski definition) is 2. The Morgan fingerprint density at radius 1 is 1.00 bits per heavy atom. The van der Waals surface area contributed by atoms with Crippen molar-refractivity contribution in [3.8, 4) is 0 Å². The fourth-order valence-electron chi connectivity index (χ4n) is 4.17. The molecule has 1 saturated heterocycles. The van der Waals surface area contributed by atoms with Crippen LogP contribution in [-0.4, -0.2) is 46.0 Å². The maximum absolute atomic E-state index is 12.7. The number of pyridine rings is 2. The fraction of sp³-hybridized carbons (Fsp3) is 0.273. The van der Waals surface area contributed by atoms with Gasteiger partial charge in [-0.15, -0.1) is 0 Å². The fourth-order valence-corrected chi connectivity index (χ4v) is 4.17. The molecule has 6 heteroatoms. The number of nitrogens with one attached hydrogen (secondary N) is 2. The number of aromatic amines is 2. The third kappa shape index (κ3) is 2.86. The quantitative estimate of drug-likeness (QED) is 0.579. The molecule has 1 aromatic carbocycles. The van der Waals surface area contributed by atoms with Gasteiger partial charge >= 0.3 is 0 Å². The molecule has 0 aliphatic carbocycles. The minimum Gasteiger partial charge on any atom is -0.364 e. The Bertz CT molecular complexity index is 1190. The van der Waals surface area contributed by atoms with E-state index >= 15 is 0 Å². The van der Waals surface area contributed by atoms with Gasteiger partial charge in [-0.3, -0.25) is 9.69 Å². The predicted molar refractivity (Wildman–Crippen MR) is 113 cm³/mol. The van der Waals surface area contributed by atoms with Crippen molar-refractivity contribution < 1.29 is 0 Å². The number of piperazine rings is 1. The van der Waals surface area contributed by atoms with E-state index in [1.54, 1.807) is 6.07 Å². The van der Waals surface area contributed by atoms with Crippen LogP contribution in [0.2, 0.25) is 0 Å². The molecule has 4 heterocycles. The maximum atomic E-state index is 12.7. The van der Waals surface area contributed by atoms with Gasteiger partial charge in [0.1, 0.15) is 5.82 Å². The SMILES string of the molecule is Cc1[nH]ccc2c1[nH]c1c(CN3CCN(c4ccccn4)CC3)c(=O)ccc12. The van der Waals surface area contributed by atoms with Crippen molar-refractivity contribution in [2.24, 2.45) is 0 Å². The number of fused-ring (bicyclic) bond motifs is 3. The van der Waals surface area contributed by atoms with E-state index in [4.69, 9.17) is 0 Å². The largest absolute Gasteiger partial charge is 0.364 e. The molecule has 28 heavy (non-hydrogen) atoms. The van der Waals surface area contributed by atoms with E-state index in [-0.39, 0.29) is 5.43 Å². The molecule has 1 fully saturated rings. The minimum absolute atomic E-state index is 0.104. The number of H-pyrrole nitrogens is 2. The number of anilines is 1. The highest BCUT2D eigenvalue weighted by Crippen LogP contribution is 2.28. The highest BCUT2D eigenvalue weighted by molar-refractivity contribution is 6.08. The molecule has 6 nitrogen and oxygen atoms in total. The molecule has 0 bridgehead atoms. The van der Waals surface area contributed by atoms with Crippen molar-refractivity contribution in [2.75, 3.05) is 31.1 Å². The second-order valence-corrected chi connectivity index (χ2v) is 7.43. The highest BCUT2D eigenvalue weighted by Gasteiger charge is 2.20. The molecule has 0 amide bonds. The Hall–Kier alpha value is -3.12. The van der Waals surface area contributed by atoms with E-state index in [2.05, 4.69) is 36.9 Å². The summed E-state index contributed by atoms with van der Waals surface area (Å²) >= 11 is 0. The van der Waals surface area contributed by atoms with Crippen LogP contribution in [0.1, 0.15) is 11.3 Å². The molecule has 0 spiro atoms. The molecule has 0 saturated carbocycles. The molecular formula is C22H23N5O. The van der Waals surface area contributed by atoms with Crippen molar-refractivity contribution >= 4 is 27.6 Å². The lowest BCUT2D eigenvalue weighted by atomic mass is 10.1. The van der Waals surface area contributed by atoms with Gasteiger partial charge in [0.2, 0.25) is 0 Å². The van der Waals surface area contributed by atoms with Crippen LogP contribution in [0.15, 0.2) is 53.6 Å². The molecule has 5 rings (SSSR count). The number of aryl methyl sites for hydroxylation is 1. The summed E-state index contributed by atoms with van der Waals surface area (Å²) in [6.07, 6.45) is 3.79. The zero-order valence-corrected chi connectivity index (χ0v) is 15.9. The lowest BCUT2D eigenvalue weighted by Crippen LogP contribution is -2.46. The third-order valence-electron chi connectivity index (χ3n) is 5.73. The minimum atomic E-state index is 0.104. The van der Waals surface area contributed by atoms with Crippen LogP contribution < -0.4 is 10.3 Å². The van der Waals surface area contributed by atoms with Crippen LogP contribution in [0, 0.1) is 6.92 Å². The van der Waals surface area contributed by atoms with E-state index in [0.29, 0.717) is 6.54 Å².